The van der Waals surface area contributed by atoms with E-state index in [-0.39, 0.29) is 17.5 Å². The van der Waals surface area contributed by atoms with Crippen molar-refractivity contribution in [2.75, 3.05) is 26.2 Å². The lowest BCUT2D eigenvalue weighted by atomic mass is 9.88. The van der Waals surface area contributed by atoms with E-state index in [1.165, 1.54) is 19.3 Å². The Balaban J connectivity index is 1.41. The minimum absolute atomic E-state index is 0.0459. The molecule has 2 heterocycles. The molecule has 1 aromatic rings. The molecular formula is C23H37N5O2. The number of aliphatic imine (C=N–C) groups is 1. The Kier molecular flexibility index (Phi) is 8.78. The normalized spacial score (nSPS) is 20.4. The van der Waals surface area contributed by atoms with Crippen LogP contribution >= 0.6 is 0 Å². The van der Waals surface area contributed by atoms with E-state index in [4.69, 9.17) is 4.99 Å². The largest absolute Gasteiger partial charge is 0.357 e. The molecule has 1 saturated carbocycles. The summed E-state index contributed by atoms with van der Waals surface area (Å²) in [5, 5.41) is 6.83. The zero-order valence-corrected chi connectivity index (χ0v) is 18.3. The number of hydrogen-bond acceptors (Lipinski definition) is 3. The van der Waals surface area contributed by atoms with Crippen molar-refractivity contribution in [3.05, 3.63) is 34.7 Å². The average Bonchev–Trinajstić information content (AvgIpc) is 3.23. The number of rotatable bonds is 8. The van der Waals surface area contributed by atoms with Gasteiger partial charge in [-0.2, -0.15) is 0 Å². The van der Waals surface area contributed by atoms with Crippen LogP contribution in [0.25, 0.3) is 0 Å². The maximum Gasteiger partial charge on any atom is 0.250 e. The van der Waals surface area contributed by atoms with Crippen LogP contribution in [0.3, 0.4) is 0 Å². The summed E-state index contributed by atoms with van der Waals surface area (Å²) in [7, 11) is 0. The van der Waals surface area contributed by atoms with E-state index >= 15 is 0 Å². The van der Waals surface area contributed by atoms with Crippen molar-refractivity contribution in [3.8, 4) is 0 Å². The number of amides is 1. The summed E-state index contributed by atoms with van der Waals surface area (Å²) in [6.45, 7) is 5.93. The van der Waals surface area contributed by atoms with Gasteiger partial charge in [0.1, 0.15) is 0 Å². The highest BCUT2D eigenvalue weighted by Crippen LogP contribution is 2.26. The first kappa shape index (κ1) is 22.4. The monoisotopic (exact) mass is 415 g/mol. The number of nitrogens with zero attached hydrogens (tertiary/aromatic N) is 3. The predicted molar refractivity (Wildman–Crippen MR) is 121 cm³/mol. The van der Waals surface area contributed by atoms with Gasteiger partial charge in [0.2, 0.25) is 11.5 Å². The standard InChI is InChI=1S/C23H37N5O2/c1-2-24-23(25-14-7-9-16-27-15-8-6-12-21(27)29)26-20-13-17-28(18-20)22(30)19-10-4-3-5-11-19/h6,8,12,15,19-20H,2-5,7,9-11,13-14,16-18H2,1H3,(H2,24,25,26). The van der Waals surface area contributed by atoms with E-state index in [0.717, 1.165) is 64.2 Å². The average molecular weight is 416 g/mol. The van der Waals surface area contributed by atoms with Gasteiger partial charge in [0.05, 0.1) is 0 Å². The lowest BCUT2D eigenvalue weighted by molar-refractivity contribution is -0.135. The summed E-state index contributed by atoms with van der Waals surface area (Å²) < 4.78 is 1.74. The molecule has 1 aliphatic heterocycles. The molecule has 0 bridgehead atoms. The Bertz CT molecular complexity index is 754. The number of carbonyl (C=O) groups is 1. The number of pyridine rings is 1. The van der Waals surface area contributed by atoms with Crippen LogP contribution < -0.4 is 16.2 Å². The number of likely N-dealkylation sites (tertiary alicyclic amines) is 1. The Morgan fingerprint density at radius 2 is 2.00 bits per heavy atom. The van der Waals surface area contributed by atoms with Gasteiger partial charge in [0.25, 0.3) is 0 Å². The summed E-state index contributed by atoms with van der Waals surface area (Å²) >= 11 is 0. The first-order valence-corrected chi connectivity index (χ1v) is 11.7. The zero-order valence-electron chi connectivity index (χ0n) is 18.3. The van der Waals surface area contributed by atoms with Gasteiger partial charge in [-0.25, -0.2) is 0 Å². The fraction of sp³-hybridized carbons (Fsp3) is 0.696. The topological polar surface area (TPSA) is 78.7 Å². The van der Waals surface area contributed by atoms with Crippen LogP contribution in [-0.2, 0) is 11.3 Å². The number of hydrogen-bond donors (Lipinski definition) is 2. The quantitative estimate of drug-likeness (QED) is 0.388. The van der Waals surface area contributed by atoms with Crippen LogP contribution in [-0.4, -0.2) is 53.6 Å². The van der Waals surface area contributed by atoms with Crippen molar-refractivity contribution in [2.24, 2.45) is 10.9 Å². The molecule has 1 unspecified atom stereocenters. The Labute approximate surface area is 179 Å². The van der Waals surface area contributed by atoms with Gasteiger partial charge in [-0.1, -0.05) is 25.3 Å². The summed E-state index contributed by atoms with van der Waals surface area (Å²) in [5.41, 5.74) is 0.0459. The number of unbranched alkanes of at least 4 members (excludes halogenated alkanes) is 1. The first-order chi connectivity index (χ1) is 14.7. The summed E-state index contributed by atoms with van der Waals surface area (Å²) in [6.07, 6.45) is 10.4. The number of aryl methyl sites for hydroxylation is 1. The Morgan fingerprint density at radius 1 is 1.17 bits per heavy atom. The molecule has 166 valence electrons. The van der Waals surface area contributed by atoms with Crippen LogP contribution in [0.4, 0.5) is 0 Å². The molecule has 0 aromatic carbocycles. The van der Waals surface area contributed by atoms with Gasteiger partial charge in [-0.05, 0) is 45.1 Å². The van der Waals surface area contributed by atoms with Gasteiger partial charge in [0.15, 0.2) is 5.96 Å². The van der Waals surface area contributed by atoms with Gasteiger partial charge < -0.3 is 20.1 Å². The van der Waals surface area contributed by atoms with Crippen LogP contribution in [0, 0.1) is 5.92 Å². The molecule has 1 saturated heterocycles. The van der Waals surface area contributed by atoms with Crippen molar-refractivity contribution in [1.82, 2.24) is 20.1 Å². The van der Waals surface area contributed by atoms with Crippen LogP contribution in [0.1, 0.15) is 58.3 Å². The highest BCUT2D eigenvalue weighted by atomic mass is 16.2. The molecule has 1 aliphatic carbocycles. The SMILES string of the molecule is CCNC(=NCCCCn1ccccc1=O)NC1CCN(C(=O)C2CCCCC2)C1. The summed E-state index contributed by atoms with van der Waals surface area (Å²) in [5.74, 6) is 1.43. The minimum atomic E-state index is 0.0459. The van der Waals surface area contributed by atoms with E-state index in [0.29, 0.717) is 12.5 Å². The van der Waals surface area contributed by atoms with Crippen molar-refractivity contribution in [3.63, 3.8) is 0 Å². The van der Waals surface area contributed by atoms with E-state index in [2.05, 4.69) is 22.5 Å². The summed E-state index contributed by atoms with van der Waals surface area (Å²) in [4.78, 5) is 31.2. The second kappa shape index (κ2) is 11.8. The zero-order chi connectivity index (χ0) is 21.2. The molecule has 3 rings (SSSR count). The molecule has 2 aliphatic rings. The predicted octanol–water partition coefficient (Wildman–Crippen LogP) is 2.36. The molecule has 7 heteroatoms. The van der Waals surface area contributed by atoms with E-state index < -0.39 is 0 Å². The van der Waals surface area contributed by atoms with Gasteiger partial charge >= 0.3 is 0 Å². The van der Waals surface area contributed by atoms with Gasteiger partial charge in [0, 0.05) is 56.9 Å². The molecule has 7 nitrogen and oxygen atoms in total. The van der Waals surface area contributed by atoms with Crippen molar-refractivity contribution in [1.29, 1.82) is 0 Å². The van der Waals surface area contributed by atoms with E-state index in [1.807, 2.05) is 12.3 Å². The lowest BCUT2D eigenvalue weighted by Crippen LogP contribution is -2.45. The molecular weight excluding hydrogens is 378 g/mol. The smallest absolute Gasteiger partial charge is 0.250 e. The van der Waals surface area contributed by atoms with Gasteiger partial charge in [-0.3, -0.25) is 14.6 Å². The number of nitrogens with one attached hydrogen (secondary N) is 2. The fourth-order valence-corrected chi connectivity index (χ4v) is 4.43. The van der Waals surface area contributed by atoms with Crippen LogP contribution in [0.15, 0.2) is 34.2 Å². The van der Waals surface area contributed by atoms with E-state index in [1.54, 1.807) is 16.7 Å². The molecule has 2 N–H and O–H groups in total. The lowest BCUT2D eigenvalue weighted by Gasteiger charge is -2.26. The van der Waals surface area contributed by atoms with Gasteiger partial charge in [-0.15, -0.1) is 0 Å². The second-order valence-electron chi connectivity index (χ2n) is 8.45. The van der Waals surface area contributed by atoms with Crippen LogP contribution in [0.2, 0.25) is 0 Å². The molecule has 2 fully saturated rings. The number of guanidine groups is 1. The minimum Gasteiger partial charge on any atom is -0.357 e. The number of carbonyl (C=O) groups excluding carboxylic acids is 1. The Morgan fingerprint density at radius 3 is 2.77 bits per heavy atom. The molecule has 1 atom stereocenters. The molecule has 30 heavy (non-hydrogen) atoms. The third-order valence-electron chi connectivity index (χ3n) is 6.12. The Hall–Kier alpha value is -2.31. The number of aromatic nitrogens is 1. The molecule has 1 aromatic heterocycles. The highest BCUT2D eigenvalue weighted by molar-refractivity contribution is 5.81. The first-order valence-electron chi connectivity index (χ1n) is 11.7. The van der Waals surface area contributed by atoms with Crippen LogP contribution in [0.5, 0.6) is 0 Å². The fourth-order valence-electron chi connectivity index (χ4n) is 4.43. The highest BCUT2D eigenvalue weighted by Gasteiger charge is 2.31. The third kappa shape index (κ3) is 6.61. The van der Waals surface area contributed by atoms with Crippen molar-refractivity contribution >= 4 is 11.9 Å². The summed E-state index contributed by atoms with van der Waals surface area (Å²) in [6, 6.07) is 5.51. The maximum atomic E-state index is 12.8. The van der Waals surface area contributed by atoms with E-state index in [9.17, 15) is 9.59 Å². The second-order valence-corrected chi connectivity index (χ2v) is 8.45. The van der Waals surface area contributed by atoms with Crippen molar-refractivity contribution < 1.29 is 4.79 Å². The molecule has 1 amide bonds. The van der Waals surface area contributed by atoms with Crippen molar-refractivity contribution in [2.45, 2.75) is 70.9 Å². The molecule has 0 spiro atoms. The molecule has 0 radical (unpaired) electrons. The third-order valence-corrected chi connectivity index (χ3v) is 6.12. The maximum absolute atomic E-state index is 12.8.